The van der Waals surface area contributed by atoms with E-state index in [0.717, 1.165) is 0 Å². The maximum Gasteiger partial charge on any atom is 0.247 e. The predicted octanol–water partition coefficient (Wildman–Crippen LogP) is 5.33. The Labute approximate surface area is 223 Å². The molecule has 0 aliphatic rings. The number of hydrogen-bond donors (Lipinski definition) is 2. The third kappa shape index (κ3) is 5.61. The molecule has 37 heavy (non-hydrogen) atoms. The van der Waals surface area contributed by atoms with Gasteiger partial charge >= 0.3 is 0 Å². The number of carbonyl (C=O) groups is 1. The van der Waals surface area contributed by atoms with Crippen LogP contribution in [0.1, 0.15) is 0 Å². The molecule has 0 aliphatic carbocycles. The fourth-order valence-electron chi connectivity index (χ4n) is 3.58. The molecule has 2 N–H and O–H groups in total. The summed E-state index contributed by atoms with van der Waals surface area (Å²) in [6.45, 7) is 4.61. The number of methoxy groups -OCH3 is 3. The number of nitrogens with one attached hydrogen (secondary N) is 2. The van der Waals surface area contributed by atoms with E-state index >= 15 is 0 Å². The number of aromatic nitrogens is 4. The number of ether oxygens (including phenoxy) is 3. The van der Waals surface area contributed by atoms with E-state index in [1.807, 2.05) is 10.8 Å². The smallest absolute Gasteiger partial charge is 0.247 e. The van der Waals surface area contributed by atoms with E-state index < -0.39 is 0 Å². The summed E-state index contributed by atoms with van der Waals surface area (Å²) >= 11 is 13.1. The molecule has 4 aromatic rings. The maximum atomic E-state index is 11.9. The number of rotatable bonds is 10. The molecule has 192 valence electrons. The van der Waals surface area contributed by atoms with Gasteiger partial charge in [-0.1, -0.05) is 29.8 Å². The van der Waals surface area contributed by atoms with Gasteiger partial charge in [0.15, 0.2) is 0 Å². The fraction of sp³-hybridized carbons (Fsp3) is 0.200. The standard InChI is InChI=1S/C25H24Cl2N6O4/c1-5-21(34)30-17-12-33(6-7-35-2)13-18(17)32-25-29-10-14-8-15(28-11-16(14)31-25)22-23(26)19(36-3)9-20(37-4)24(22)27/h5,8-13H,1,6-7H2,2-4H3,(H,30,34)(H,29,31,32). The molecule has 10 nitrogen and oxygen atoms in total. The molecule has 0 aliphatic heterocycles. The van der Waals surface area contributed by atoms with Crippen molar-refractivity contribution in [3.8, 4) is 22.8 Å². The molecular weight excluding hydrogens is 519 g/mol. The Morgan fingerprint density at radius 2 is 1.76 bits per heavy atom. The lowest BCUT2D eigenvalue weighted by Crippen LogP contribution is -2.08. The first-order chi connectivity index (χ1) is 17.9. The average molecular weight is 543 g/mol. The Morgan fingerprint density at radius 3 is 2.41 bits per heavy atom. The van der Waals surface area contributed by atoms with Gasteiger partial charge in [0.25, 0.3) is 0 Å². The van der Waals surface area contributed by atoms with Crippen LogP contribution >= 0.6 is 23.2 Å². The Morgan fingerprint density at radius 1 is 1.05 bits per heavy atom. The number of fused-ring (bicyclic) bond motifs is 1. The van der Waals surface area contributed by atoms with Crippen molar-refractivity contribution >= 4 is 57.3 Å². The van der Waals surface area contributed by atoms with Crippen molar-refractivity contribution in [2.75, 3.05) is 38.6 Å². The summed E-state index contributed by atoms with van der Waals surface area (Å²) in [5, 5.41) is 7.26. The van der Waals surface area contributed by atoms with E-state index in [9.17, 15) is 4.79 Å². The van der Waals surface area contributed by atoms with Crippen LogP contribution in [0.4, 0.5) is 17.3 Å². The van der Waals surface area contributed by atoms with Gasteiger partial charge in [-0.3, -0.25) is 9.78 Å². The van der Waals surface area contributed by atoms with E-state index in [1.54, 1.807) is 37.8 Å². The summed E-state index contributed by atoms with van der Waals surface area (Å²) in [5.74, 6) is 0.801. The Balaban J connectivity index is 1.68. The van der Waals surface area contributed by atoms with E-state index in [4.69, 9.17) is 37.4 Å². The van der Waals surface area contributed by atoms with Crippen molar-refractivity contribution < 1.29 is 19.0 Å². The van der Waals surface area contributed by atoms with Gasteiger partial charge < -0.3 is 29.4 Å². The highest BCUT2D eigenvalue weighted by Gasteiger charge is 2.20. The molecule has 12 heteroatoms. The molecule has 0 radical (unpaired) electrons. The number of halogens is 2. The zero-order valence-corrected chi connectivity index (χ0v) is 21.9. The highest BCUT2D eigenvalue weighted by molar-refractivity contribution is 6.41. The van der Waals surface area contributed by atoms with Crippen LogP contribution in [0.3, 0.4) is 0 Å². The van der Waals surface area contributed by atoms with Crippen LogP contribution in [0.2, 0.25) is 10.0 Å². The van der Waals surface area contributed by atoms with Gasteiger partial charge in [0, 0.05) is 49.3 Å². The Hall–Kier alpha value is -3.86. The SMILES string of the molecule is C=CC(=O)Nc1cn(CCOC)cc1Nc1ncc2cc(-c3c(Cl)c(OC)cc(OC)c3Cl)ncc2n1. The molecule has 0 atom stereocenters. The first-order valence-corrected chi connectivity index (χ1v) is 11.8. The lowest BCUT2D eigenvalue weighted by atomic mass is 10.1. The Kier molecular flexibility index (Phi) is 8.12. The third-order valence-corrected chi connectivity index (χ3v) is 6.17. The summed E-state index contributed by atoms with van der Waals surface area (Å²) in [4.78, 5) is 25.4. The zero-order valence-electron chi connectivity index (χ0n) is 20.3. The highest BCUT2D eigenvalue weighted by Crippen LogP contribution is 2.45. The molecule has 3 heterocycles. The van der Waals surface area contributed by atoms with Crippen LogP contribution in [0.25, 0.3) is 22.2 Å². The molecule has 1 aromatic carbocycles. The maximum absolute atomic E-state index is 11.9. The van der Waals surface area contributed by atoms with Crippen molar-refractivity contribution in [1.82, 2.24) is 19.5 Å². The molecule has 1 amide bonds. The van der Waals surface area contributed by atoms with Crippen molar-refractivity contribution in [3.05, 3.63) is 59.6 Å². The summed E-state index contributed by atoms with van der Waals surface area (Å²) in [6.07, 6.45) is 8.06. The van der Waals surface area contributed by atoms with Gasteiger partial charge in [-0.25, -0.2) is 9.97 Å². The van der Waals surface area contributed by atoms with Crippen molar-refractivity contribution in [1.29, 1.82) is 0 Å². The van der Waals surface area contributed by atoms with Crippen LogP contribution in [0.15, 0.2) is 49.6 Å². The monoisotopic (exact) mass is 542 g/mol. The second-order valence-electron chi connectivity index (χ2n) is 7.74. The summed E-state index contributed by atoms with van der Waals surface area (Å²) in [6, 6.07) is 3.40. The molecule has 4 rings (SSSR count). The predicted molar refractivity (Wildman–Crippen MR) is 144 cm³/mol. The zero-order chi connectivity index (χ0) is 26.5. The topological polar surface area (TPSA) is 112 Å². The second kappa shape index (κ2) is 11.5. The van der Waals surface area contributed by atoms with Crippen LogP contribution < -0.4 is 20.1 Å². The molecule has 0 fully saturated rings. The minimum Gasteiger partial charge on any atom is -0.495 e. The van der Waals surface area contributed by atoms with Crippen molar-refractivity contribution in [2.24, 2.45) is 0 Å². The molecule has 0 saturated heterocycles. The van der Waals surface area contributed by atoms with Gasteiger partial charge in [-0.15, -0.1) is 0 Å². The third-order valence-electron chi connectivity index (χ3n) is 5.42. The average Bonchev–Trinajstić information content (AvgIpc) is 3.28. The molecular formula is C25H24Cl2N6O4. The summed E-state index contributed by atoms with van der Waals surface area (Å²) in [5.41, 5.74) is 2.72. The number of pyridine rings is 1. The molecule has 0 spiro atoms. The highest BCUT2D eigenvalue weighted by atomic mass is 35.5. The summed E-state index contributed by atoms with van der Waals surface area (Å²) in [7, 11) is 4.64. The van der Waals surface area contributed by atoms with Crippen LogP contribution in [0, 0.1) is 0 Å². The van der Waals surface area contributed by atoms with Crippen LogP contribution in [0.5, 0.6) is 11.5 Å². The fourth-order valence-corrected chi connectivity index (χ4v) is 4.27. The lowest BCUT2D eigenvalue weighted by molar-refractivity contribution is -0.111. The van der Waals surface area contributed by atoms with Crippen LogP contribution in [-0.2, 0) is 16.1 Å². The first kappa shape index (κ1) is 26.2. The van der Waals surface area contributed by atoms with Crippen molar-refractivity contribution in [3.63, 3.8) is 0 Å². The minimum atomic E-state index is -0.338. The quantitative estimate of drug-likeness (QED) is 0.258. The number of anilines is 3. The molecule has 3 aromatic heterocycles. The van der Waals surface area contributed by atoms with Crippen LogP contribution in [-0.4, -0.2) is 53.4 Å². The van der Waals surface area contributed by atoms with Gasteiger partial charge in [0.1, 0.15) is 11.5 Å². The first-order valence-electron chi connectivity index (χ1n) is 11.0. The van der Waals surface area contributed by atoms with E-state index in [1.165, 1.54) is 20.3 Å². The number of benzene rings is 1. The molecule has 0 unspecified atom stereocenters. The normalized spacial score (nSPS) is 10.8. The van der Waals surface area contributed by atoms with E-state index in [2.05, 4.69) is 32.2 Å². The lowest BCUT2D eigenvalue weighted by Gasteiger charge is -2.14. The largest absolute Gasteiger partial charge is 0.495 e. The number of amides is 1. The van der Waals surface area contributed by atoms with Gasteiger partial charge in [0.05, 0.1) is 59.7 Å². The Bertz CT molecular complexity index is 1450. The number of carbonyl (C=O) groups excluding carboxylic acids is 1. The van der Waals surface area contributed by atoms with E-state index in [-0.39, 0.29) is 5.91 Å². The number of nitrogens with zero attached hydrogens (tertiary/aromatic N) is 4. The minimum absolute atomic E-state index is 0.312. The number of hydrogen-bond acceptors (Lipinski definition) is 8. The molecule has 0 bridgehead atoms. The van der Waals surface area contributed by atoms with Gasteiger partial charge in [-0.2, -0.15) is 0 Å². The summed E-state index contributed by atoms with van der Waals surface area (Å²) < 4.78 is 17.7. The van der Waals surface area contributed by atoms with Crippen molar-refractivity contribution in [2.45, 2.75) is 6.54 Å². The molecule has 0 saturated carbocycles. The van der Waals surface area contributed by atoms with E-state index in [0.29, 0.717) is 74.2 Å². The second-order valence-corrected chi connectivity index (χ2v) is 8.50. The van der Waals surface area contributed by atoms with Gasteiger partial charge in [-0.05, 0) is 12.1 Å². The van der Waals surface area contributed by atoms with Gasteiger partial charge in [0.2, 0.25) is 11.9 Å².